The maximum Gasteiger partial charge on any atom is 0.272 e. The van der Waals surface area contributed by atoms with Gasteiger partial charge < -0.3 is 5.32 Å². The van der Waals surface area contributed by atoms with Crippen LogP contribution in [0.15, 0.2) is 18.2 Å². The molecule has 1 N–H and O–H groups in total. The summed E-state index contributed by atoms with van der Waals surface area (Å²) in [4.78, 5) is 10.4. The first-order valence-corrected chi connectivity index (χ1v) is 6.08. The Labute approximate surface area is 101 Å². The fraction of sp³-hybridized carbons (Fsp3) is 0.538. The summed E-state index contributed by atoms with van der Waals surface area (Å²) in [6.07, 6.45) is 3.65. The van der Waals surface area contributed by atoms with Crippen LogP contribution in [0.2, 0.25) is 0 Å². The van der Waals surface area contributed by atoms with Crippen LogP contribution < -0.4 is 5.32 Å². The van der Waals surface area contributed by atoms with Crippen molar-refractivity contribution in [1.82, 2.24) is 0 Å². The summed E-state index contributed by atoms with van der Waals surface area (Å²) >= 11 is 0. The topological polar surface area (TPSA) is 55.2 Å². The Morgan fingerprint density at radius 1 is 1.41 bits per heavy atom. The molecule has 1 aromatic rings. The lowest BCUT2D eigenvalue weighted by molar-refractivity contribution is -0.385. The van der Waals surface area contributed by atoms with Gasteiger partial charge in [0.05, 0.1) is 4.92 Å². The van der Waals surface area contributed by atoms with Crippen LogP contribution in [-0.4, -0.2) is 11.0 Å². The van der Waals surface area contributed by atoms with Crippen molar-refractivity contribution in [3.63, 3.8) is 0 Å². The molecule has 0 aliphatic heterocycles. The molecule has 0 radical (unpaired) electrons. The number of nitro benzene ring substituents is 1. The molecule has 1 saturated carbocycles. The number of nitrogens with one attached hydrogen (secondary N) is 1. The number of anilines is 1. The first kappa shape index (κ1) is 11.9. The van der Waals surface area contributed by atoms with Crippen LogP contribution in [0, 0.1) is 23.0 Å². The van der Waals surface area contributed by atoms with E-state index in [4.69, 9.17) is 0 Å². The third-order valence-corrected chi connectivity index (χ3v) is 3.46. The van der Waals surface area contributed by atoms with E-state index < -0.39 is 0 Å². The van der Waals surface area contributed by atoms with E-state index in [-0.39, 0.29) is 10.6 Å². The van der Waals surface area contributed by atoms with Crippen molar-refractivity contribution < 1.29 is 4.92 Å². The number of hydrogen-bond donors (Lipinski definition) is 1. The second-order valence-electron chi connectivity index (χ2n) is 5.02. The van der Waals surface area contributed by atoms with Crippen molar-refractivity contribution in [3.8, 4) is 0 Å². The minimum atomic E-state index is -0.337. The van der Waals surface area contributed by atoms with E-state index in [1.165, 1.54) is 19.3 Å². The van der Waals surface area contributed by atoms with Gasteiger partial charge in [0.25, 0.3) is 5.69 Å². The van der Waals surface area contributed by atoms with Crippen LogP contribution in [0.25, 0.3) is 0 Å². The lowest BCUT2D eigenvalue weighted by Gasteiger charge is -2.14. The number of rotatable bonds is 3. The zero-order valence-electron chi connectivity index (χ0n) is 10.3. The summed E-state index contributed by atoms with van der Waals surface area (Å²) in [5, 5.41) is 14.2. The molecular weight excluding hydrogens is 216 g/mol. The Balaban J connectivity index is 2.07. The number of nitro groups is 1. The molecule has 2 rings (SSSR count). The van der Waals surface area contributed by atoms with Gasteiger partial charge in [-0.15, -0.1) is 0 Å². The summed E-state index contributed by atoms with van der Waals surface area (Å²) in [6.45, 7) is 4.04. The summed E-state index contributed by atoms with van der Waals surface area (Å²) in [5.41, 5.74) is 1.90. The highest BCUT2D eigenvalue weighted by Crippen LogP contribution is 2.29. The van der Waals surface area contributed by atoms with Gasteiger partial charge in [0, 0.05) is 23.4 Å². The van der Waals surface area contributed by atoms with Gasteiger partial charge in [-0.1, -0.05) is 6.92 Å². The average Bonchev–Trinajstić information content (AvgIpc) is 2.63. The second kappa shape index (κ2) is 4.73. The lowest BCUT2D eigenvalue weighted by atomic mass is 10.1. The minimum absolute atomic E-state index is 0.190. The molecule has 0 amide bonds. The minimum Gasteiger partial charge on any atom is -0.382 e. The Morgan fingerprint density at radius 2 is 2.18 bits per heavy atom. The van der Waals surface area contributed by atoms with Crippen LogP contribution >= 0.6 is 0 Å². The van der Waals surface area contributed by atoms with Crippen LogP contribution in [0.1, 0.15) is 31.7 Å². The van der Waals surface area contributed by atoms with Crippen molar-refractivity contribution in [2.24, 2.45) is 5.92 Å². The van der Waals surface area contributed by atoms with Crippen LogP contribution in [-0.2, 0) is 0 Å². The number of benzene rings is 1. The van der Waals surface area contributed by atoms with E-state index in [1.54, 1.807) is 19.1 Å². The molecule has 0 aromatic heterocycles. The molecule has 0 saturated heterocycles. The first-order valence-electron chi connectivity index (χ1n) is 6.08. The number of nitrogens with zero attached hydrogens (tertiary/aromatic N) is 1. The number of hydrogen-bond acceptors (Lipinski definition) is 3. The van der Waals surface area contributed by atoms with Crippen molar-refractivity contribution in [1.29, 1.82) is 0 Å². The monoisotopic (exact) mass is 234 g/mol. The molecule has 17 heavy (non-hydrogen) atoms. The predicted octanol–water partition coefficient (Wildman–Crippen LogP) is 3.50. The van der Waals surface area contributed by atoms with Gasteiger partial charge in [-0.3, -0.25) is 10.1 Å². The Morgan fingerprint density at radius 3 is 2.71 bits per heavy atom. The van der Waals surface area contributed by atoms with E-state index in [9.17, 15) is 10.1 Å². The highest BCUT2D eigenvalue weighted by Gasteiger charge is 2.21. The molecule has 1 aromatic carbocycles. The predicted molar refractivity (Wildman–Crippen MR) is 68.3 cm³/mol. The van der Waals surface area contributed by atoms with Gasteiger partial charge in [0.1, 0.15) is 0 Å². The summed E-state index contributed by atoms with van der Waals surface area (Å²) in [6, 6.07) is 5.76. The van der Waals surface area contributed by atoms with Crippen LogP contribution in [0.3, 0.4) is 0 Å². The first-order chi connectivity index (χ1) is 8.06. The van der Waals surface area contributed by atoms with Gasteiger partial charge in [-0.2, -0.15) is 0 Å². The van der Waals surface area contributed by atoms with Crippen molar-refractivity contribution in [2.45, 2.75) is 39.2 Å². The van der Waals surface area contributed by atoms with Crippen LogP contribution in [0.5, 0.6) is 0 Å². The molecule has 2 unspecified atom stereocenters. The van der Waals surface area contributed by atoms with Crippen molar-refractivity contribution >= 4 is 11.4 Å². The molecule has 4 nitrogen and oxygen atoms in total. The van der Waals surface area contributed by atoms with Gasteiger partial charge >= 0.3 is 0 Å². The SMILES string of the molecule is Cc1cc(NC2CCC(C)C2)ccc1[N+](=O)[O-]. The van der Waals surface area contributed by atoms with Crippen LogP contribution in [0.4, 0.5) is 11.4 Å². The molecule has 0 spiro atoms. The van der Waals surface area contributed by atoms with Crippen molar-refractivity contribution in [2.75, 3.05) is 5.32 Å². The van der Waals surface area contributed by atoms with Gasteiger partial charge in [0.15, 0.2) is 0 Å². The molecular formula is C13H18N2O2. The molecule has 2 atom stereocenters. The zero-order chi connectivity index (χ0) is 12.4. The largest absolute Gasteiger partial charge is 0.382 e. The van der Waals surface area contributed by atoms with E-state index >= 15 is 0 Å². The third-order valence-electron chi connectivity index (χ3n) is 3.46. The molecule has 0 heterocycles. The maximum atomic E-state index is 10.7. The van der Waals surface area contributed by atoms with Gasteiger partial charge in [-0.05, 0) is 44.2 Å². The van der Waals surface area contributed by atoms with Gasteiger partial charge in [-0.25, -0.2) is 0 Å². The Bertz CT molecular complexity index is 431. The number of aryl methyl sites for hydroxylation is 1. The fourth-order valence-electron chi connectivity index (χ4n) is 2.52. The van der Waals surface area contributed by atoms with Gasteiger partial charge in [0.2, 0.25) is 0 Å². The van der Waals surface area contributed by atoms with Crippen molar-refractivity contribution in [3.05, 3.63) is 33.9 Å². The highest BCUT2D eigenvalue weighted by molar-refractivity contribution is 5.54. The van der Waals surface area contributed by atoms with E-state index in [0.717, 1.165) is 11.6 Å². The van der Waals surface area contributed by atoms with E-state index in [1.807, 2.05) is 6.07 Å². The Hall–Kier alpha value is -1.58. The highest BCUT2D eigenvalue weighted by atomic mass is 16.6. The molecule has 4 heteroatoms. The summed E-state index contributed by atoms with van der Waals surface area (Å²) < 4.78 is 0. The second-order valence-corrected chi connectivity index (χ2v) is 5.02. The smallest absolute Gasteiger partial charge is 0.272 e. The normalized spacial score (nSPS) is 23.6. The fourth-order valence-corrected chi connectivity index (χ4v) is 2.52. The molecule has 92 valence electrons. The summed E-state index contributed by atoms with van der Waals surface area (Å²) in [7, 11) is 0. The maximum absolute atomic E-state index is 10.7. The zero-order valence-corrected chi connectivity index (χ0v) is 10.3. The summed E-state index contributed by atoms with van der Waals surface area (Å²) in [5.74, 6) is 0.784. The molecule has 1 fully saturated rings. The average molecular weight is 234 g/mol. The Kier molecular flexibility index (Phi) is 3.31. The lowest BCUT2D eigenvalue weighted by Crippen LogP contribution is -2.15. The quantitative estimate of drug-likeness (QED) is 0.643. The van der Waals surface area contributed by atoms with E-state index in [0.29, 0.717) is 11.6 Å². The third kappa shape index (κ3) is 2.75. The molecule has 1 aliphatic carbocycles. The molecule has 0 bridgehead atoms. The molecule has 1 aliphatic rings. The standard InChI is InChI=1S/C13H18N2O2/c1-9-3-4-11(7-9)14-12-5-6-13(15(16)17)10(2)8-12/h5-6,8-9,11,14H,3-4,7H2,1-2H3. The van der Waals surface area contributed by atoms with E-state index in [2.05, 4.69) is 12.2 Å².